The number of rotatable bonds is 4. The van der Waals surface area contributed by atoms with Gasteiger partial charge in [-0.25, -0.2) is 0 Å². The standard InChI is InChI=1S/C13H14N6O/c1-16-10-6-11(19-13(15)18-10)17-12-8(7-14)4-3-5-9(12)20-2/h3-6H,1-2H3,(H4,15,16,17,18,19). The molecule has 0 radical (unpaired) electrons. The Morgan fingerprint density at radius 1 is 1.30 bits per heavy atom. The van der Waals surface area contributed by atoms with Crippen LogP contribution in [0.3, 0.4) is 0 Å². The van der Waals surface area contributed by atoms with Crippen molar-refractivity contribution in [1.29, 1.82) is 5.26 Å². The Balaban J connectivity index is 2.44. The van der Waals surface area contributed by atoms with Gasteiger partial charge in [0.05, 0.1) is 12.7 Å². The number of methoxy groups -OCH3 is 1. The van der Waals surface area contributed by atoms with Crippen molar-refractivity contribution in [2.24, 2.45) is 0 Å². The lowest BCUT2D eigenvalue weighted by Crippen LogP contribution is -2.04. The van der Waals surface area contributed by atoms with Gasteiger partial charge in [0.1, 0.15) is 29.1 Å². The first-order valence-electron chi connectivity index (χ1n) is 5.84. The number of hydrogen-bond acceptors (Lipinski definition) is 7. The topological polar surface area (TPSA) is 109 Å². The van der Waals surface area contributed by atoms with E-state index in [4.69, 9.17) is 15.7 Å². The third kappa shape index (κ3) is 2.70. The Kier molecular flexibility index (Phi) is 3.86. The van der Waals surface area contributed by atoms with Crippen molar-refractivity contribution in [1.82, 2.24) is 9.97 Å². The molecule has 0 fully saturated rings. The van der Waals surface area contributed by atoms with Gasteiger partial charge in [0.25, 0.3) is 0 Å². The molecule has 0 saturated carbocycles. The number of ether oxygens (including phenoxy) is 1. The van der Waals surface area contributed by atoms with Crippen LogP contribution in [0, 0.1) is 11.3 Å². The molecule has 4 N–H and O–H groups in total. The Labute approximate surface area is 116 Å². The summed E-state index contributed by atoms with van der Waals surface area (Å²) in [6.07, 6.45) is 0. The maximum absolute atomic E-state index is 9.16. The number of nitrogens with zero attached hydrogens (tertiary/aromatic N) is 3. The summed E-state index contributed by atoms with van der Waals surface area (Å²) in [4.78, 5) is 8.08. The minimum Gasteiger partial charge on any atom is -0.495 e. The summed E-state index contributed by atoms with van der Waals surface area (Å²) >= 11 is 0. The van der Waals surface area contributed by atoms with Gasteiger partial charge in [0, 0.05) is 13.1 Å². The molecule has 0 bridgehead atoms. The quantitative estimate of drug-likeness (QED) is 0.776. The summed E-state index contributed by atoms with van der Waals surface area (Å²) in [5.74, 6) is 1.73. The van der Waals surface area contributed by atoms with E-state index in [-0.39, 0.29) is 5.95 Å². The van der Waals surface area contributed by atoms with Crippen LogP contribution in [0.25, 0.3) is 0 Å². The number of hydrogen-bond donors (Lipinski definition) is 3. The third-order valence-electron chi connectivity index (χ3n) is 2.62. The molecular weight excluding hydrogens is 256 g/mol. The summed E-state index contributed by atoms with van der Waals surface area (Å²) in [7, 11) is 3.27. The van der Waals surface area contributed by atoms with E-state index in [0.717, 1.165) is 0 Å². The molecular formula is C13H14N6O. The molecule has 1 aromatic heterocycles. The Morgan fingerprint density at radius 3 is 2.70 bits per heavy atom. The summed E-state index contributed by atoms with van der Waals surface area (Å²) in [5, 5.41) is 15.1. The van der Waals surface area contributed by atoms with Crippen LogP contribution in [-0.4, -0.2) is 24.1 Å². The van der Waals surface area contributed by atoms with Gasteiger partial charge >= 0.3 is 0 Å². The Hall–Kier alpha value is -3.01. The van der Waals surface area contributed by atoms with Crippen molar-refractivity contribution in [2.75, 3.05) is 30.5 Å². The molecule has 0 atom stereocenters. The van der Waals surface area contributed by atoms with Gasteiger partial charge in [0.15, 0.2) is 0 Å². The van der Waals surface area contributed by atoms with Crippen LogP contribution in [-0.2, 0) is 0 Å². The molecule has 0 aliphatic rings. The summed E-state index contributed by atoms with van der Waals surface area (Å²) in [5.41, 5.74) is 6.62. The van der Waals surface area contributed by atoms with Crippen LogP contribution >= 0.6 is 0 Å². The van der Waals surface area contributed by atoms with E-state index < -0.39 is 0 Å². The highest BCUT2D eigenvalue weighted by Gasteiger charge is 2.10. The van der Waals surface area contributed by atoms with Crippen LogP contribution in [0.2, 0.25) is 0 Å². The molecule has 0 aliphatic carbocycles. The van der Waals surface area contributed by atoms with Crippen LogP contribution in [0.15, 0.2) is 24.3 Å². The van der Waals surface area contributed by atoms with E-state index in [1.54, 1.807) is 31.3 Å². The van der Waals surface area contributed by atoms with Gasteiger partial charge in [-0.3, -0.25) is 0 Å². The van der Waals surface area contributed by atoms with Crippen molar-refractivity contribution >= 4 is 23.3 Å². The number of nitrogens with one attached hydrogen (secondary N) is 2. The molecule has 0 spiro atoms. The number of anilines is 4. The highest BCUT2D eigenvalue weighted by atomic mass is 16.5. The summed E-state index contributed by atoms with van der Waals surface area (Å²) in [6.45, 7) is 0. The highest BCUT2D eigenvalue weighted by Crippen LogP contribution is 2.30. The van der Waals surface area contributed by atoms with E-state index in [2.05, 4.69) is 26.7 Å². The normalized spacial score (nSPS) is 9.65. The average Bonchev–Trinajstić information content (AvgIpc) is 2.46. The fourth-order valence-corrected chi connectivity index (χ4v) is 1.71. The first kappa shape index (κ1) is 13.4. The lowest BCUT2D eigenvalue weighted by atomic mass is 10.2. The fourth-order valence-electron chi connectivity index (χ4n) is 1.71. The maximum atomic E-state index is 9.16. The number of nitriles is 1. The Morgan fingerprint density at radius 2 is 2.05 bits per heavy atom. The molecule has 2 aromatic rings. The van der Waals surface area contributed by atoms with Crippen LogP contribution in [0.5, 0.6) is 5.75 Å². The average molecular weight is 270 g/mol. The van der Waals surface area contributed by atoms with Gasteiger partial charge in [-0.15, -0.1) is 0 Å². The first-order valence-corrected chi connectivity index (χ1v) is 5.84. The van der Waals surface area contributed by atoms with E-state index in [1.807, 2.05) is 0 Å². The van der Waals surface area contributed by atoms with Crippen molar-refractivity contribution in [3.05, 3.63) is 29.8 Å². The largest absolute Gasteiger partial charge is 0.495 e. The third-order valence-corrected chi connectivity index (χ3v) is 2.62. The van der Waals surface area contributed by atoms with Gasteiger partial charge in [0.2, 0.25) is 5.95 Å². The van der Waals surface area contributed by atoms with Crippen molar-refractivity contribution in [3.63, 3.8) is 0 Å². The first-order chi connectivity index (χ1) is 9.67. The molecule has 0 saturated heterocycles. The lowest BCUT2D eigenvalue weighted by Gasteiger charge is -2.12. The molecule has 0 unspecified atom stereocenters. The molecule has 0 aliphatic heterocycles. The zero-order valence-corrected chi connectivity index (χ0v) is 11.1. The van der Waals surface area contributed by atoms with E-state index in [1.165, 1.54) is 7.11 Å². The predicted molar refractivity (Wildman–Crippen MR) is 77.0 cm³/mol. The monoisotopic (exact) mass is 270 g/mol. The second kappa shape index (κ2) is 5.75. The molecule has 7 nitrogen and oxygen atoms in total. The van der Waals surface area contributed by atoms with E-state index in [9.17, 15) is 0 Å². The fraction of sp³-hybridized carbons (Fsp3) is 0.154. The Bertz CT molecular complexity index is 664. The van der Waals surface area contributed by atoms with E-state index >= 15 is 0 Å². The lowest BCUT2D eigenvalue weighted by molar-refractivity contribution is 0.416. The predicted octanol–water partition coefficient (Wildman–Crippen LogP) is 1.72. The smallest absolute Gasteiger partial charge is 0.223 e. The highest BCUT2D eigenvalue weighted by molar-refractivity contribution is 5.72. The van der Waals surface area contributed by atoms with Crippen LogP contribution < -0.4 is 21.1 Å². The van der Waals surface area contributed by atoms with Gasteiger partial charge in [-0.2, -0.15) is 15.2 Å². The number of nitrogens with two attached hydrogens (primary N) is 1. The zero-order valence-electron chi connectivity index (χ0n) is 11.1. The molecule has 20 heavy (non-hydrogen) atoms. The molecule has 2 rings (SSSR count). The number of para-hydroxylation sites is 1. The van der Waals surface area contributed by atoms with Gasteiger partial charge < -0.3 is 21.1 Å². The number of aromatic nitrogens is 2. The minimum atomic E-state index is 0.132. The van der Waals surface area contributed by atoms with E-state index in [0.29, 0.717) is 28.6 Å². The van der Waals surface area contributed by atoms with Crippen molar-refractivity contribution < 1.29 is 4.74 Å². The SMILES string of the molecule is CNc1cc(Nc2c(C#N)cccc2OC)nc(N)n1. The molecule has 7 heteroatoms. The van der Waals surface area contributed by atoms with Gasteiger partial charge in [-0.05, 0) is 12.1 Å². The summed E-state index contributed by atoms with van der Waals surface area (Å²) < 4.78 is 5.24. The number of benzene rings is 1. The minimum absolute atomic E-state index is 0.132. The second-order valence-corrected chi connectivity index (χ2v) is 3.87. The molecule has 0 amide bonds. The molecule has 1 heterocycles. The zero-order chi connectivity index (χ0) is 14.5. The van der Waals surface area contributed by atoms with Crippen LogP contribution in [0.1, 0.15) is 5.56 Å². The summed E-state index contributed by atoms with van der Waals surface area (Å²) in [6, 6.07) is 8.98. The maximum Gasteiger partial charge on any atom is 0.223 e. The molecule has 1 aromatic carbocycles. The second-order valence-electron chi connectivity index (χ2n) is 3.87. The van der Waals surface area contributed by atoms with Gasteiger partial charge in [-0.1, -0.05) is 6.07 Å². The van der Waals surface area contributed by atoms with Crippen molar-refractivity contribution in [2.45, 2.75) is 0 Å². The van der Waals surface area contributed by atoms with Crippen molar-refractivity contribution in [3.8, 4) is 11.8 Å². The van der Waals surface area contributed by atoms with Crippen LogP contribution in [0.4, 0.5) is 23.3 Å². The molecule has 102 valence electrons. The number of nitrogen functional groups attached to an aromatic ring is 1.